The predicted octanol–water partition coefficient (Wildman–Crippen LogP) is 3.37. The van der Waals surface area contributed by atoms with Gasteiger partial charge in [-0.1, -0.05) is 6.07 Å². The Bertz CT molecular complexity index is 1010. The fraction of sp³-hybridized carbons (Fsp3) is 0.286. The number of carbonyl (C=O) groups excluding carboxylic acids is 2. The first-order valence-electron chi connectivity index (χ1n) is 8.88. The molecule has 1 aliphatic heterocycles. The molecule has 2 aromatic rings. The van der Waals surface area contributed by atoms with Crippen molar-refractivity contribution >= 4 is 17.8 Å². The molecular weight excluding hydrogens is 360 g/mol. The van der Waals surface area contributed by atoms with Crippen LogP contribution in [0, 0.1) is 25.2 Å². The number of aromatic amines is 1. The minimum Gasteiger partial charge on any atom is -0.486 e. The van der Waals surface area contributed by atoms with Crippen LogP contribution in [0.1, 0.15) is 44.6 Å². The lowest BCUT2D eigenvalue weighted by atomic mass is 10.0. The SMILES string of the molecule is CCOC(=O)c1c(C)[nH]c(C(=O)/C(C#N)=C/c2ccc3c(c2)OCCO3)c1C. The van der Waals surface area contributed by atoms with Crippen molar-refractivity contribution in [1.82, 2.24) is 4.98 Å². The number of fused-ring (bicyclic) bond motifs is 1. The van der Waals surface area contributed by atoms with Crippen LogP contribution in [0.4, 0.5) is 0 Å². The summed E-state index contributed by atoms with van der Waals surface area (Å²) >= 11 is 0. The largest absolute Gasteiger partial charge is 0.486 e. The molecule has 0 atom stereocenters. The smallest absolute Gasteiger partial charge is 0.340 e. The average molecular weight is 380 g/mol. The summed E-state index contributed by atoms with van der Waals surface area (Å²) in [6.45, 7) is 6.22. The first kappa shape index (κ1) is 19.2. The van der Waals surface area contributed by atoms with E-state index >= 15 is 0 Å². The Morgan fingerprint density at radius 3 is 2.64 bits per heavy atom. The van der Waals surface area contributed by atoms with E-state index in [4.69, 9.17) is 14.2 Å². The third-order valence-electron chi connectivity index (χ3n) is 4.39. The normalized spacial score (nSPS) is 13.0. The maximum Gasteiger partial charge on any atom is 0.340 e. The number of esters is 1. The molecule has 0 spiro atoms. The van der Waals surface area contributed by atoms with E-state index in [2.05, 4.69) is 4.98 Å². The third kappa shape index (κ3) is 3.62. The van der Waals surface area contributed by atoms with Crippen LogP contribution in [-0.2, 0) is 4.74 Å². The number of nitriles is 1. The number of hydrogen-bond acceptors (Lipinski definition) is 6. The van der Waals surface area contributed by atoms with Crippen LogP contribution < -0.4 is 9.47 Å². The lowest BCUT2D eigenvalue weighted by Gasteiger charge is -2.18. The van der Waals surface area contributed by atoms with Gasteiger partial charge in [-0.05, 0) is 50.1 Å². The van der Waals surface area contributed by atoms with E-state index in [1.54, 1.807) is 39.0 Å². The maximum atomic E-state index is 12.9. The van der Waals surface area contributed by atoms with Crippen LogP contribution in [0.3, 0.4) is 0 Å². The van der Waals surface area contributed by atoms with Crippen molar-refractivity contribution in [2.24, 2.45) is 0 Å². The van der Waals surface area contributed by atoms with Crippen molar-refractivity contribution in [3.8, 4) is 17.6 Å². The van der Waals surface area contributed by atoms with Crippen molar-refractivity contribution in [3.05, 3.63) is 51.9 Å². The Kier molecular flexibility index (Phi) is 5.50. The molecule has 0 saturated heterocycles. The number of aromatic nitrogens is 1. The molecule has 0 bridgehead atoms. The van der Waals surface area contributed by atoms with Gasteiger partial charge in [0.05, 0.1) is 17.9 Å². The van der Waals surface area contributed by atoms with Crippen molar-refractivity contribution in [2.75, 3.05) is 19.8 Å². The van der Waals surface area contributed by atoms with Crippen LogP contribution in [-0.4, -0.2) is 36.6 Å². The fourth-order valence-electron chi connectivity index (χ4n) is 3.09. The molecule has 1 aromatic carbocycles. The lowest BCUT2D eigenvalue weighted by molar-refractivity contribution is 0.0525. The van der Waals surface area contributed by atoms with Gasteiger partial charge in [0.2, 0.25) is 5.78 Å². The van der Waals surface area contributed by atoms with E-state index < -0.39 is 11.8 Å². The number of carbonyl (C=O) groups is 2. The average Bonchev–Trinajstić information content (AvgIpc) is 2.99. The molecule has 0 amide bonds. The third-order valence-corrected chi connectivity index (χ3v) is 4.39. The van der Waals surface area contributed by atoms with E-state index in [0.29, 0.717) is 47.1 Å². The van der Waals surface area contributed by atoms with Crippen LogP contribution in [0.2, 0.25) is 0 Å². The molecule has 0 fully saturated rings. The topological polar surface area (TPSA) is 101 Å². The van der Waals surface area contributed by atoms with Crippen LogP contribution in [0.15, 0.2) is 23.8 Å². The Hall–Kier alpha value is -3.53. The van der Waals surface area contributed by atoms with E-state index in [-0.39, 0.29) is 17.9 Å². The van der Waals surface area contributed by atoms with Gasteiger partial charge in [-0.3, -0.25) is 4.79 Å². The molecule has 1 aliphatic rings. The van der Waals surface area contributed by atoms with E-state index in [1.807, 2.05) is 6.07 Å². The fourth-order valence-corrected chi connectivity index (χ4v) is 3.09. The molecule has 28 heavy (non-hydrogen) atoms. The van der Waals surface area contributed by atoms with Crippen LogP contribution in [0.5, 0.6) is 11.5 Å². The second kappa shape index (κ2) is 8.01. The Labute approximate surface area is 162 Å². The highest BCUT2D eigenvalue weighted by molar-refractivity contribution is 6.15. The van der Waals surface area contributed by atoms with Crippen molar-refractivity contribution in [1.29, 1.82) is 5.26 Å². The molecule has 3 rings (SSSR count). The highest BCUT2D eigenvalue weighted by atomic mass is 16.6. The zero-order valence-corrected chi connectivity index (χ0v) is 15.9. The molecule has 1 N–H and O–H groups in total. The molecule has 1 aromatic heterocycles. The number of allylic oxidation sites excluding steroid dienone is 1. The zero-order chi connectivity index (χ0) is 20.3. The standard InChI is InChI=1S/C21H20N2O5/c1-4-26-21(25)18-12(2)19(23-13(18)3)20(24)15(11-22)9-14-5-6-16-17(10-14)28-8-7-27-16/h5-6,9-10,23H,4,7-8H2,1-3H3/b15-9+. The number of hydrogen-bond donors (Lipinski definition) is 1. The molecule has 7 nitrogen and oxygen atoms in total. The van der Waals surface area contributed by atoms with Gasteiger partial charge in [0.25, 0.3) is 0 Å². The molecule has 0 aliphatic carbocycles. The van der Waals surface area contributed by atoms with Crippen LogP contribution in [0.25, 0.3) is 6.08 Å². The summed E-state index contributed by atoms with van der Waals surface area (Å²) < 4.78 is 16.0. The van der Waals surface area contributed by atoms with E-state index in [1.165, 1.54) is 6.08 Å². The van der Waals surface area contributed by atoms with Gasteiger partial charge in [0.1, 0.15) is 24.9 Å². The number of benzene rings is 1. The van der Waals surface area contributed by atoms with Gasteiger partial charge in [0.15, 0.2) is 11.5 Å². The molecule has 0 unspecified atom stereocenters. The van der Waals surface area contributed by atoms with Crippen molar-refractivity contribution in [3.63, 3.8) is 0 Å². The minimum absolute atomic E-state index is 0.0589. The minimum atomic E-state index is -0.498. The Morgan fingerprint density at radius 2 is 1.96 bits per heavy atom. The molecule has 2 heterocycles. The van der Waals surface area contributed by atoms with Crippen molar-refractivity contribution in [2.45, 2.75) is 20.8 Å². The number of H-pyrrole nitrogens is 1. The molecule has 7 heteroatoms. The number of rotatable bonds is 5. The van der Waals surface area contributed by atoms with Gasteiger partial charge in [-0.15, -0.1) is 0 Å². The monoisotopic (exact) mass is 380 g/mol. The van der Waals surface area contributed by atoms with Gasteiger partial charge in [0, 0.05) is 5.69 Å². The Balaban J connectivity index is 1.95. The molecular formula is C21H20N2O5. The lowest BCUT2D eigenvalue weighted by Crippen LogP contribution is -2.15. The summed E-state index contributed by atoms with van der Waals surface area (Å²) in [7, 11) is 0. The van der Waals surface area contributed by atoms with Gasteiger partial charge < -0.3 is 19.2 Å². The number of Topliss-reactive ketones (excluding diaryl/α,β-unsaturated/α-hetero) is 1. The summed E-state index contributed by atoms with van der Waals surface area (Å²) in [6, 6.07) is 7.14. The van der Waals surface area contributed by atoms with Gasteiger partial charge >= 0.3 is 5.97 Å². The second-order valence-electron chi connectivity index (χ2n) is 6.25. The number of nitrogens with one attached hydrogen (secondary N) is 1. The molecule has 0 saturated carbocycles. The quantitative estimate of drug-likeness (QED) is 0.369. The number of ether oxygens (including phenoxy) is 3. The van der Waals surface area contributed by atoms with E-state index in [0.717, 1.165) is 0 Å². The summed E-state index contributed by atoms with van der Waals surface area (Å²) in [5, 5.41) is 9.52. The highest BCUT2D eigenvalue weighted by Crippen LogP contribution is 2.31. The summed E-state index contributed by atoms with van der Waals surface area (Å²) in [4.78, 5) is 28.0. The highest BCUT2D eigenvalue weighted by Gasteiger charge is 2.25. The first-order valence-corrected chi connectivity index (χ1v) is 8.88. The summed E-state index contributed by atoms with van der Waals surface area (Å²) in [5.74, 6) is 0.208. The number of nitrogens with zero attached hydrogens (tertiary/aromatic N) is 1. The first-order chi connectivity index (χ1) is 13.5. The predicted molar refractivity (Wildman–Crippen MR) is 102 cm³/mol. The molecule has 0 radical (unpaired) electrons. The van der Waals surface area contributed by atoms with E-state index in [9.17, 15) is 14.9 Å². The zero-order valence-electron chi connectivity index (χ0n) is 15.9. The number of aryl methyl sites for hydroxylation is 1. The van der Waals surface area contributed by atoms with Gasteiger partial charge in [-0.25, -0.2) is 4.79 Å². The van der Waals surface area contributed by atoms with Crippen LogP contribution >= 0.6 is 0 Å². The Morgan fingerprint density at radius 1 is 1.25 bits per heavy atom. The molecule has 144 valence electrons. The summed E-state index contributed by atoms with van der Waals surface area (Å²) in [5.41, 5.74) is 2.09. The van der Waals surface area contributed by atoms with Gasteiger partial charge in [-0.2, -0.15) is 5.26 Å². The number of ketones is 1. The van der Waals surface area contributed by atoms with Crippen molar-refractivity contribution < 1.29 is 23.8 Å². The summed E-state index contributed by atoms with van der Waals surface area (Å²) in [6.07, 6.45) is 1.49. The second-order valence-corrected chi connectivity index (χ2v) is 6.25. The maximum absolute atomic E-state index is 12.9.